The highest BCUT2D eigenvalue weighted by Crippen LogP contribution is 2.33. The van der Waals surface area contributed by atoms with E-state index in [0.717, 1.165) is 19.3 Å². The van der Waals surface area contributed by atoms with Crippen molar-refractivity contribution in [1.29, 1.82) is 0 Å². The van der Waals surface area contributed by atoms with E-state index in [-0.39, 0.29) is 29.0 Å². The lowest BCUT2D eigenvalue weighted by atomic mass is 10.0. The van der Waals surface area contributed by atoms with Gasteiger partial charge in [-0.1, -0.05) is 94.5 Å². The molecular formula is C36H42Cl2N2O6. The van der Waals surface area contributed by atoms with Crippen LogP contribution in [0.25, 0.3) is 0 Å². The van der Waals surface area contributed by atoms with Crippen molar-refractivity contribution >= 4 is 52.2 Å². The van der Waals surface area contributed by atoms with Crippen LogP contribution in [0.2, 0.25) is 5.02 Å². The number of Topliss-reactive ketones (excluding diaryl/α,β-unsaturated/α-hetero) is 1. The number of anilines is 2. The molecule has 0 aromatic heterocycles. The maximum Gasteiger partial charge on any atom is 0.265 e. The van der Waals surface area contributed by atoms with Crippen molar-refractivity contribution < 1.29 is 28.6 Å². The molecule has 0 saturated carbocycles. The van der Waals surface area contributed by atoms with Crippen LogP contribution in [0.15, 0.2) is 66.7 Å². The Kier molecular flexibility index (Phi) is 14.1. The lowest BCUT2D eigenvalue weighted by molar-refractivity contribution is -0.123. The summed E-state index contributed by atoms with van der Waals surface area (Å²) in [6, 6.07) is 18.5. The van der Waals surface area contributed by atoms with E-state index in [1.165, 1.54) is 63.1 Å². The molecule has 246 valence electrons. The topological polar surface area (TPSA) is 103 Å². The fourth-order valence-electron chi connectivity index (χ4n) is 5.16. The fourth-order valence-corrected chi connectivity index (χ4v) is 5.50. The summed E-state index contributed by atoms with van der Waals surface area (Å²) in [4.78, 5) is 39.3. The van der Waals surface area contributed by atoms with Gasteiger partial charge in [-0.15, -0.1) is 11.6 Å². The van der Waals surface area contributed by atoms with Crippen molar-refractivity contribution in [3.63, 3.8) is 0 Å². The molecule has 0 radical (unpaired) electrons. The molecule has 3 aromatic rings. The van der Waals surface area contributed by atoms with Gasteiger partial charge in [-0.25, -0.2) is 0 Å². The van der Waals surface area contributed by atoms with Crippen molar-refractivity contribution in [3.8, 4) is 17.2 Å². The van der Waals surface area contributed by atoms with Gasteiger partial charge in [0, 0.05) is 11.3 Å². The van der Waals surface area contributed by atoms with Crippen LogP contribution in [-0.2, 0) is 9.59 Å². The van der Waals surface area contributed by atoms with E-state index in [0.29, 0.717) is 29.4 Å². The summed E-state index contributed by atoms with van der Waals surface area (Å²) < 4.78 is 16.7. The minimum Gasteiger partial charge on any atom is -0.481 e. The molecule has 46 heavy (non-hydrogen) atoms. The predicted molar refractivity (Wildman–Crippen MR) is 183 cm³/mol. The second kappa shape index (κ2) is 18.4. The van der Waals surface area contributed by atoms with E-state index >= 15 is 0 Å². The Morgan fingerprint density at radius 3 is 2.17 bits per heavy atom. The third-order valence-corrected chi connectivity index (χ3v) is 8.47. The van der Waals surface area contributed by atoms with Gasteiger partial charge in [-0.3, -0.25) is 14.4 Å². The molecule has 2 atom stereocenters. The average Bonchev–Trinajstić information content (AvgIpc) is 3.54. The van der Waals surface area contributed by atoms with Gasteiger partial charge in [0.05, 0.1) is 10.7 Å². The number of hydrogen-bond donors (Lipinski definition) is 2. The second-order valence-corrected chi connectivity index (χ2v) is 12.2. The first-order chi connectivity index (χ1) is 22.4. The minimum atomic E-state index is -1.53. The number of ether oxygens (including phenoxy) is 3. The molecule has 2 amide bonds. The van der Waals surface area contributed by atoms with Crippen LogP contribution in [0, 0.1) is 0 Å². The summed E-state index contributed by atoms with van der Waals surface area (Å²) >= 11 is 12.6. The quantitative estimate of drug-likeness (QED) is 0.0571. The van der Waals surface area contributed by atoms with Crippen molar-refractivity contribution in [2.24, 2.45) is 0 Å². The first-order valence-corrected chi connectivity index (χ1v) is 16.9. The number of para-hydroxylation sites is 1. The van der Waals surface area contributed by atoms with Crippen molar-refractivity contribution in [3.05, 3.63) is 77.3 Å². The first kappa shape index (κ1) is 35.1. The Morgan fingerprint density at radius 2 is 1.46 bits per heavy atom. The molecule has 0 aliphatic carbocycles. The van der Waals surface area contributed by atoms with Gasteiger partial charge in [0.1, 0.15) is 5.75 Å². The van der Waals surface area contributed by atoms with Gasteiger partial charge in [-0.2, -0.15) is 0 Å². The number of hydrogen-bond acceptors (Lipinski definition) is 6. The summed E-state index contributed by atoms with van der Waals surface area (Å²) in [6.45, 7) is 2.29. The lowest BCUT2D eigenvalue weighted by Crippen LogP contribution is -2.33. The number of alkyl halides is 1. The maximum absolute atomic E-state index is 13.4. The van der Waals surface area contributed by atoms with Gasteiger partial charge in [-0.05, 0) is 61.4 Å². The molecule has 1 aliphatic rings. The molecule has 1 aliphatic heterocycles. The summed E-state index contributed by atoms with van der Waals surface area (Å²) in [7, 11) is 0. The van der Waals surface area contributed by atoms with Gasteiger partial charge in [0.2, 0.25) is 12.7 Å². The summed E-state index contributed by atoms with van der Waals surface area (Å²) in [5.41, 5.74) is 0.810. The molecule has 1 heterocycles. The number of halogens is 2. The Morgan fingerprint density at radius 1 is 0.783 bits per heavy atom. The van der Waals surface area contributed by atoms with Crippen molar-refractivity contribution in [1.82, 2.24) is 0 Å². The SMILES string of the molecule is CCCCCCCCCCCCC(Oc1ccccc1)C(=O)Nc1ccc(Cl)c(NC(=O)C(Cl)C(=O)c2ccc3c(c2)OCO3)c1. The predicted octanol–water partition coefficient (Wildman–Crippen LogP) is 9.19. The summed E-state index contributed by atoms with van der Waals surface area (Å²) in [5, 5.41) is 4.18. The first-order valence-electron chi connectivity index (χ1n) is 16.1. The molecule has 10 heteroatoms. The number of nitrogens with one attached hydrogen (secondary N) is 2. The zero-order chi connectivity index (χ0) is 32.7. The van der Waals surface area contributed by atoms with Crippen LogP contribution in [0.4, 0.5) is 11.4 Å². The number of amides is 2. The van der Waals surface area contributed by atoms with E-state index in [9.17, 15) is 14.4 Å². The van der Waals surface area contributed by atoms with Gasteiger partial charge < -0.3 is 24.8 Å². The summed E-state index contributed by atoms with van der Waals surface area (Å²) in [5.74, 6) is -0.152. The standard InChI is InChI=1S/C36H42Cl2N2O6/c1-2-3-4-5-6-7-8-9-10-14-17-31(46-27-15-12-11-13-16-27)35(42)39-26-19-20-28(37)29(23-26)40-36(43)33(38)34(41)25-18-21-30-32(22-25)45-24-44-30/h11-13,15-16,18-23,31,33H,2-10,14,17,24H2,1H3,(H,39,42)(H,40,43). The lowest BCUT2D eigenvalue weighted by Gasteiger charge is -2.19. The zero-order valence-electron chi connectivity index (χ0n) is 26.2. The van der Waals surface area contributed by atoms with Crippen LogP contribution in [0.1, 0.15) is 87.9 Å². The minimum absolute atomic E-state index is 0.0571. The molecule has 0 spiro atoms. The third kappa shape index (κ3) is 10.7. The number of unbranched alkanes of at least 4 members (excludes halogenated alkanes) is 9. The third-order valence-electron chi connectivity index (χ3n) is 7.74. The molecule has 4 rings (SSSR count). The van der Waals surface area contributed by atoms with E-state index in [1.54, 1.807) is 18.2 Å². The van der Waals surface area contributed by atoms with E-state index in [1.807, 2.05) is 30.3 Å². The smallest absolute Gasteiger partial charge is 0.265 e. The Bertz CT molecular complexity index is 1450. The highest BCUT2D eigenvalue weighted by atomic mass is 35.5. The maximum atomic E-state index is 13.4. The molecule has 2 N–H and O–H groups in total. The van der Waals surface area contributed by atoms with Gasteiger partial charge in [0.25, 0.3) is 5.91 Å². The Balaban J connectivity index is 1.32. The molecule has 3 aromatic carbocycles. The van der Waals surface area contributed by atoms with Crippen LogP contribution in [0.5, 0.6) is 17.2 Å². The van der Waals surface area contributed by atoms with Crippen LogP contribution in [0.3, 0.4) is 0 Å². The Hall–Kier alpha value is -3.75. The number of ketones is 1. The summed E-state index contributed by atoms with van der Waals surface area (Å²) in [6.07, 6.45) is 11.8. The molecule has 8 nitrogen and oxygen atoms in total. The normalized spacial score (nSPS) is 13.1. The highest BCUT2D eigenvalue weighted by molar-refractivity contribution is 6.46. The molecule has 0 fully saturated rings. The van der Waals surface area contributed by atoms with Gasteiger partial charge in [0.15, 0.2) is 28.8 Å². The van der Waals surface area contributed by atoms with Crippen molar-refractivity contribution in [2.75, 3.05) is 17.4 Å². The molecule has 0 saturated heterocycles. The average molecular weight is 670 g/mol. The number of fused-ring (bicyclic) bond motifs is 1. The van der Waals surface area contributed by atoms with Crippen LogP contribution >= 0.6 is 23.2 Å². The molecule has 0 bridgehead atoms. The number of rotatable bonds is 19. The molecule has 2 unspecified atom stereocenters. The Labute approximate surface area is 281 Å². The molecular weight excluding hydrogens is 627 g/mol. The zero-order valence-corrected chi connectivity index (χ0v) is 27.7. The highest BCUT2D eigenvalue weighted by Gasteiger charge is 2.28. The van der Waals surface area contributed by atoms with Crippen molar-refractivity contribution in [2.45, 2.75) is 89.0 Å². The van der Waals surface area contributed by atoms with E-state index in [4.69, 9.17) is 37.4 Å². The van der Waals surface area contributed by atoms with Crippen LogP contribution in [-0.4, -0.2) is 35.9 Å². The fraction of sp³-hybridized carbons (Fsp3) is 0.417. The number of carbonyl (C=O) groups is 3. The second-order valence-electron chi connectivity index (χ2n) is 11.4. The number of benzene rings is 3. The number of carbonyl (C=O) groups excluding carboxylic acids is 3. The largest absolute Gasteiger partial charge is 0.481 e. The van der Waals surface area contributed by atoms with E-state index in [2.05, 4.69) is 17.6 Å². The monoisotopic (exact) mass is 668 g/mol. The van der Waals surface area contributed by atoms with Gasteiger partial charge >= 0.3 is 0 Å². The van der Waals surface area contributed by atoms with E-state index < -0.39 is 23.2 Å². The van der Waals surface area contributed by atoms with Crippen LogP contribution < -0.4 is 24.8 Å².